The van der Waals surface area contributed by atoms with Crippen LogP contribution in [0.3, 0.4) is 0 Å². The summed E-state index contributed by atoms with van der Waals surface area (Å²) in [6.45, 7) is 0.548. The van der Waals surface area contributed by atoms with Gasteiger partial charge in [-0.25, -0.2) is 0 Å². The van der Waals surface area contributed by atoms with Crippen molar-refractivity contribution in [1.82, 2.24) is 14.5 Å². The van der Waals surface area contributed by atoms with E-state index in [1.54, 1.807) is 12.4 Å². The van der Waals surface area contributed by atoms with E-state index in [1.807, 2.05) is 53.2 Å². The molecule has 112 valence electrons. The van der Waals surface area contributed by atoms with Crippen LogP contribution in [0.5, 0.6) is 0 Å². The average molecular weight is 312 g/mol. The Morgan fingerprint density at radius 2 is 1.86 bits per heavy atom. The lowest BCUT2D eigenvalue weighted by Gasteiger charge is -2.12. The van der Waals surface area contributed by atoms with Gasteiger partial charge in [0.25, 0.3) is 0 Å². The lowest BCUT2D eigenvalue weighted by molar-refractivity contribution is 0.569. The summed E-state index contributed by atoms with van der Waals surface area (Å²) in [5.41, 5.74) is 8.33. The molecule has 0 saturated carbocycles. The minimum Gasteiger partial charge on any atom is -0.609 e. The fraction of sp³-hybridized carbons (Fsp3) is 0.125. The first kappa shape index (κ1) is 14.6. The van der Waals surface area contributed by atoms with E-state index in [4.69, 9.17) is 5.73 Å². The number of nitrogens with two attached hydrogens (primary N) is 1. The van der Waals surface area contributed by atoms with Gasteiger partial charge in [0.1, 0.15) is 5.75 Å². The van der Waals surface area contributed by atoms with E-state index in [0.29, 0.717) is 23.1 Å². The monoisotopic (exact) mass is 312 g/mol. The Kier molecular flexibility index (Phi) is 4.41. The van der Waals surface area contributed by atoms with Gasteiger partial charge in [-0.2, -0.15) is 4.98 Å². The van der Waals surface area contributed by atoms with Crippen molar-refractivity contribution in [2.75, 3.05) is 5.73 Å². The third-order valence-electron chi connectivity index (χ3n) is 3.28. The second kappa shape index (κ2) is 6.64. The van der Waals surface area contributed by atoms with Crippen molar-refractivity contribution in [3.05, 3.63) is 72.3 Å². The van der Waals surface area contributed by atoms with Gasteiger partial charge in [0, 0.05) is 34.8 Å². The summed E-state index contributed by atoms with van der Waals surface area (Å²) < 4.78 is 14.4. The highest BCUT2D eigenvalue weighted by Gasteiger charge is 2.20. The third-order valence-corrected chi connectivity index (χ3v) is 4.60. The number of nitrogen functional groups attached to an aromatic ring is 1. The van der Waals surface area contributed by atoms with Crippen molar-refractivity contribution in [3.63, 3.8) is 0 Å². The van der Waals surface area contributed by atoms with Gasteiger partial charge >= 0.3 is 5.16 Å². The van der Waals surface area contributed by atoms with Crippen molar-refractivity contribution in [2.24, 2.45) is 0 Å². The molecule has 3 rings (SSSR count). The van der Waals surface area contributed by atoms with E-state index in [1.165, 1.54) is 0 Å². The van der Waals surface area contributed by atoms with Crippen LogP contribution in [-0.2, 0) is 23.5 Å². The molecule has 0 amide bonds. The number of para-hydroxylation sites is 1. The van der Waals surface area contributed by atoms with Gasteiger partial charge in [-0.15, -0.1) is 0 Å². The molecule has 0 aliphatic carbocycles. The lowest BCUT2D eigenvalue weighted by atomic mass is 10.2. The highest BCUT2D eigenvalue weighted by molar-refractivity contribution is 7.90. The number of hydrogen-bond donors (Lipinski definition) is 1. The van der Waals surface area contributed by atoms with E-state index in [9.17, 15) is 4.55 Å². The van der Waals surface area contributed by atoms with Crippen LogP contribution < -0.4 is 5.73 Å². The van der Waals surface area contributed by atoms with Gasteiger partial charge in [-0.1, -0.05) is 24.3 Å². The molecule has 0 radical (unpaired) electrons. The Bertz CT molecular complexity index is 745. The molecule has 6 heteroatoms. The van der Waals surface area contributed by atoms with Crippen molar-refractivity contribution in [2.45, 2.75) is 17.5 Å². The molecule has 0 aliphatic rings. The normalized spacial score (nSPS) is 12.2. The van der Waals surface area contributed by atoms with Crippen LogP contribution in [-0.4, -0.2) is 19.1 Å². The number of rotatable bonds is 5. The fourth-order valence-electron chi connectivity index (χ4n) is 2.16. The van der Waals surface area contributed by atoms with Gasteiger partial charge in [-0.05, 0) is 18.2 Å². The third kappa shape index (κ3) is 3.29. The van der Waals surface area contributed by atoms with E-state index < -0.39 is 11.2 Å². The Hall–Kier alpha value is -2.31. The molecule has 3 aromatic rings. The number of anilines is 1. The number of imidazole rings is 1. The van der Waals surface area contributed by atoms with Gasteiger partial charge in [-0.3, -0.25) is 9.55 Å². The highest BCUT2D eigenvalue weighted by atomic mass is 32.2. The van der Waals surface area contributed by atoms with Crippen LogP contribution in [0, 0.1) is 0 Å². The standard InChI is InChI=1S/C16H16N4OS/c17-15-7-2-1-5-13(15)12-22(21)16-19-9-10-20(16)11-14-6-3-4-8-18-14/h1-10H,11-12,17H2. The Labute approximate surface area is 132 Å². The minimum absolute atomic E-state index is 0.353. The van der Waals surface area contributed by atoms with Crippen LogP contribution >= 0.6 is 0 Å². The van der Waals surface area contributed by atoms with Crippen LogP contribution in [0.1, 0.15) is 11.3 Å². The average Bonchev–Trinajstić information content (AvgIpc) is 2.99. The molecule has 0 bridgehead atoms. The second-order valence-corrected chi connectivity index (χ2v) is 6.19. The van der Waals surface area contributed by atoms with Crippen molar-refractivity contribution < 1.29 is 4.55 Å². The van der Waals surface area contributed by atoms with E-state index in [-0.39, 0.29) is 0 Å². The second-order valence-electron chi connectivity index (χ2n) is 4.85. The van der Waals surface area contributed by atoms with Crippen LogP contribution in [0.2, 0.25) is 0 Å². The van der Waals surface area contributed by atoms with Crippen LogP contribution in [0.15, 0.2) is 66.2 Å². The Morgan fingerprint density at radius 1 is 1.05 bits per heavy atom. The zero-order valence-electron chi connectivity index (χ0n) is 11.9. The predicted octanol–water partition coefficient (Wildman–Crippen LogP) is 2.22. The van der Waals surface area contributed by atoms with Gasteiger partial charge in [0.05, 0.1) is 18.4 Å². The largest absolute Gasteiger partial charge is 0.609 e. The highest BCUT2D eigenvalue weighted by Crippen LogP contribution is 2.19. The molecule has 22 heavy (non-hydrogen) atoms. The molecule has 0 saturated heterocycles. The topological polar surface area (TPSA) is 79.8 Å². The number of nitrogens with zero attached hydrogens (tertiary/aromatic N) is 3. The number of benzene rings is 1. The molecule has 1 atom stereocenters. The molecule has 2 aromatic heterocycles. The number of hydrogen-bond acceptors (Lipinski definition) is 4. The van der Waals surface area contributed by atoms with Gasteiger partial charge in [0.2, 0.25) is 0 Å². The summed E-state index contributed by atoms with van der Waals surface area (Å²) in [5, 5.41) is 0.536. The van der Waals surface area contributed by atoms with Crippen molar-refractivity contribution >= 4 is 16.9 Å². The first-order valence-corrected chi connectivity index (χ1v) is 8.19. The molecule has 0 spiro atoms. The molecule has 5 nitrogen and oxygen atoms in total. The molecular formula is C16H16N4OS. The van der Waals surface area contributed by atoms with Crippen LogP contribution in [0.4, 0.5) is 5.69 Å². The van der Waals surface area contributed by atoms with E-state index in [2.05, 4.69) is 9.97 Å². The molecule has 0 aliphatic heterocycles. The first-order chi connectivity index (χ1) is 10.7. The first-order valence-electron chi connectivity index (χ1n) is 6.87. The zero-order valence-corrected chi connectivity index (χ0v) is 12.7. The van der Waals surface area contributed by atoms with E-state index in [0.717, 1.165) is 11.3 Å². The molecular weight excluding hydrogens is 296 g/mol. The van der Waals surface area contributed by atoms with Crippen LogP contribution in [0.25, 0.3) is 0 Å². The quantitative estimate of drug-likeness (QED) is 0.578. The Balaban J connectivity index is 1.78. The summed E-state index contributed by atoms with van der Waals surface area (Å²) in [7, 11) is 0. The lowest BCUT2D eigenvalue weighted by Crippen LogP contribution is -2.14. The summed E-state index contributed by atoms with van der Waals surface area (Å²) in [5.74, 6) is 0.353. The minimum atomic E-state index is -1.25. The smallest absolute Gasteiger partial charge is 0.323 e. The summed E-state index contributed by atoms with van der Waals surface area (Å²) >= 11 is -1.25. The summed E-state index contributed by atoms with van der Waals surface area (Å²) in [4.78, 5) is 8.52. The molecule has 0 fully saturated rings. The maximum Gasteiger partial charge on any atom is 0.323 e. The van der Waals surface area contributed by atoms with Gasteiger partial charge in [0.15, 0.2) is 0 Å². The predicted molar refractivity (Wildman–Crippen MR) is 86.5 cm³/mol. The van der Waals surface area contributed by atoms with Gasteiger partial charge < -0.3 is 10.3 Å². The van der Waals surface area contributed by atoms with Crippen molar-refractivity contribution in [3.8, 4) is 0 Å². The molecule has 2 N–H and O–H groups in total. The molecule has 1 aromatic carbocycles. The number of pyridine rings is 1. The fourth-order valence-corrected chi connectivity index (χ4v) is 3.40. The molecule has 1 unspecified atom stereocenters. The van der Waals surface area contributed by atoms with Crippen molar-refractivity contribution in [1.29, 1.82) is 0 Å². The molecule has 2 heterocycles. The van der Waals surface area contributed by atoms with E-state index >= 15 is 0 Å². The maximum absolute atomic E-state index is 12.6. The SMILES string of the molecule is Nc1ccccc1C[S+]([O-])c1nccn1Cc1ccccn1. The zero-order chi connectivity index (χ0) is 15.4. The Morgan fingerprint density at radius 3 is 2.64 bits per heavy atom. The summed E-state index contributed by atoms with van der Waals surface area (Å²) in [6.07, 6.45) is 5.22. The summed E-state index contributed by atoms with van der Waals surface area (Å²) in [6, 6.07) is 13.2. The maximum atomic E-state index is 12.6. The number of aromatic nitrogens is 3.